The Labute approximate surface area is 267 Å². The number of carbonyl (C=O) groups is 1. The topological polar surface area (TPSA) is 38.1 Å². The molecule has 1 saturated carbocycles. The van der Waals surface area contributed by atoms with Gasteiger partial charge in [-0.15, -0.1) is 0 Å². The third-order valence-electron chi connectivity index (χ3n) is 9.23. The van der Waals surface area contributed by atoms with Gasteiger partial charge in [0.1, 0.15) is 5.82 Å². The minimum atomic E-state index is -2.90. The summed E-state index contributed by atoms with van der Waals surface area (Å²) in [4.78, 5) is 20.5. The number of imidazole rings is 1. The van der Waals surface area contributed by atoms with Crippen LogP contribution in [-0.4, -0.2) is 33.4 Å². The van der Waals surface area contributed by atoms with E-state index >= 15 is 0 Å². The third kappa shape index (κ3) is 7.37. The van der Waals surface area contributed by atoms with E-state index in [9.17, 15) is 13.6 Å². The van der Waals surface area contributed by atoms with Gasteiger partial charge in [0.25, 0.3) is 11.8 Å². The number of aromatic nitrogens is 2. The minimum absolute atomic E-state index is 0.00935. The molecule has 2 aliphatic rings. The molecule has 1 saturated heterocycles. The summed E-state index contributed by atoms with van der Waals surface area (Å²) in [6.45, 7) is 12.9. The Hall–Kier alpha value is -3.80. The van der Waals surface area contributed by atoms with Gasteiger partial charge in [-0.1, -0.05) is 69.7 Å². The smallest absolute Gasteiger partial charge is 0.270 e. The van der Waals surface area contributed by atoms with Gasteiger partial charge >= 0.3 is 0 Å². The largest absolute Gasteiger partial charge is 0.339 e. The summed E-state index contributed by atoms with van der Waals surface area (Å²) in [7, 11) is 0. The van der Waals surface area contributed by atoms with Crippen LogP contribution in [0.1, 0.15) is 117 Å². The van der Waals surface area contributed by atoms with Gasteiger partial charge in [0.15, 0.2) is 0 Å². The zero-order chi connectivity index (χ0) is 32.3. The molecule has 2 heterocycles. The van der Waals surface area contributed by atoms with Crippen molar-refractivity contribution in [2.45, 2.75) is 91.5 Å². The van der Waals surface area contributed by atoms with Crippen LogP contribution in [0.25, 0.3) is 16.6 Å². The minimum Gasteiger partial charge on any atom is -0.339 e. The molecule has 1 aromatic heterocycles. The van der Waals surface area contributed by atoms with E-state index in [4.69, 9.17) is 4.98 Å². The van der Waals surface area contributed by atoms with E-state index in [-0.39, 0.29) is 11.5 Å². The first-order chi connectivity index (χ1) is 21.5. The summed E-state index contributed by atoms with van der Waals surface area (Å²) < 4.78 is 30.4. The van der Waals surface area contributed by atoms with Crippen molar-refractivity contribution in [3.63, 3.8) is 0 Å². The second-order valence-corrected chi connectivity index (χ2v) is 13.1. The molecule has 0 unspecified atom stereocenters. The number of amides is 1. The number of carbonyl (C=O) groups excluding carboxylic acids is 1. The van der Waals surface area contributed by atoms with Gasteiger partial charge in [-0.25, -0.2) is 13.8 Å². The van der Waals surface area contributed by atoms with Crippen molar-refractivity contribution in [2.75, 3.05) is 13.1 Å². The van der Waals surface area contributed by atoms with Crippen LogP contribution in [0.5, 0.6) is 0 Å². The quantitative estimate of drug-likeness (QED) is 0.209. The predicted molar refractivity (Wildman–Crippen MR) is 181 cm³/mol. The van der Waals surface area contributed by atoms with Gasteiger partial charge < -0.3 is 9.47 Å². The highest BCUT2D eigenvalue weighted by molar-refractivity contribution is 5.95. The van der Waals surface area contributed by atoms with E-state index in [1.165, 1.54) is 36.7 Å². The van der Waals surface area contributed by atoms with Gasteiger partial charge in [0.2, 0.25) is 0 Å². The molecule has 0 bridgehead atoms. The first-order valence-electron chi connectivity index (χ1n) is 16.5. The summed E-state index contributed by atoms with van der Waals surface area (Å²) in [6, 6.07) is 21.2. The Bertz CT molecular complexity index is 1670. The van der Waals surface area contributed by atoms with Crippen LogP contribution in [0.4, 0.5) is 8.78 Å². The fraction of sp³-hybridized carbons (Fsp3) is 0.436. The van der Waals surface area contributed by atoms with Crippen molar-refractivity contribution in [1.82, 2.24) is 14.5 Å². The highest BCUT2D eigenvalue weighted by Gasteiger charge is 2.33. The molecular formula is C39H47F2N3O. The van der Waals surface area contributed by atoms with E-state index < -0.39 is 5.92 Å². The van der Waals surface area contributed by atoms with Crippen LogP contribution in [0, 0.1) is 12.8 Å². The molecule has 4 aromatic rings. The molecule has 1 aliphatic heterocycles. The number of rotatable bonds is 7. The van der Waals surface area contributed by atoms with E-state index in [1.807, 2.05) is 55.2 Å². The van der Waals surface area contributed by atoms with Gasteiger partial charge in [0.05, 0.1) is 11.0 Å². The van der Waals surface area contributed by atoms with Crippen molar-refractivity contribution in [1.29, 1.82) is 0 Å². The standard InChI is InChI=1S/C34H35F2N3O.C5H12/c1-4-28(24-8-7-9-26(21-24)34(3,35)36)29-15-12-25(20-22(29)2)33(40)38-18-16-23(17-19-38)32-37-30-10-5-6-11-31(30)39(32)27-13-14-27;1-4-5(2)3/h4-12,15,20-21,23,27H,13-14,16-19H2,1-3H3;5H,4H2,1-3H3/b28-4-;. The highest BCUT2D eigenvalue weighted by Crippen LogP contribution is 2.42. The summed E-state index contributed by atoms with van der Waals surface area (Å²) in [6.07, 6.45) is 7.48. The number of para-hydroxylation sites is 2. The average Bonchev–Trinajstić information content (AvgIpc) is 3.80. The molecule has 0 atom stereocenters. The highest BCUT2D eigenvalue weighted by atomic mass is 19.3. The monoisotopic (exact) mass is 611 g/mol. The number of piperidine rings is 1. The maximum absolute atomic E-state index is 14.0. The summed E-state index contributed by atoms with van der Waals surface area (Å²) in [5.74, 6) is -0.448. The van der Waals surface area contributed by atoms with Gasteiger partial charge in [-0.2, -0.15) is 0 Å². The number of halogens is 2. The number of alkyl halides is 2. The summed E-state index contributed by atoms with van der Waals surface area (Å²) >= 11 is 0. The molecule has 45 heavy (non-hydrogen) atoms. The Kier molecular flexibility index (Phi) is 9.91. The lowest BCUT2D eigenvalue weighted by Crippen LogP contribution is -2.38. The second-order valence-electron chi connectivity index (χ2n) is 13.1. The third-order valence-corrected chi connectivity index (χ3v) is 9.23. The lowest BCUT2D eigenvalue weighted by atomic mass is 9.91. The fourth-order valence-electron chi connectivity index (χ4n) is 6.13. The molecule has 3 aromatic carbocycles. The zero-order valence-corrected chi connectivity index (χ0v) is 27.6. The lowest BCUT2D eigenvalue weighted by molar-refractivity contribution is 0.0174. The van der Waals surface area contributed by atoms with Crippen LogP contribution in [-0.2, 0) is 5.92 Å². The SMILES string of the molecule is C/C=C(/c1cccc(C(C)(F)F)c1)c1ccc(C(=O)N2CCC(c3nc4ccccc4n3C3CC3)CC2)cc1C.CCC(C)C. The Morgan fingerprint density at radius 2 is 1.67 bits per heavy atom. The first-order valence-corrected chi connectivity index (χ1v) is 16.5. The number of nitrogens with zero attached hydrogens (tertiary/aromatic N) is 3. The van der Waals surface area contributed by atoms with Gasteiger partial charge in [-0.05, 0) is 98.0 Å². The number of likely N-dealkylation sites (tertiary alicyclic amines) is 1. The fourth-order valence-corrected chi connectivity index (χ4v) is 6.13. The van der Waals surface area contributed by atoms with Crippen molar-refractivity contribution in [3.8, 4) is 0 Å². The maximum atomic E-state index is 14.0. The second kappa shape index (κ2) is 13.7. The zero-order valence-electron chi connectivity index (χ0n) is 27.6. The summed E-state index contributed by atoms with van der Waals surface area (Å²) in [5.41, 5.74) is 6.44. The molecule has 6 heteroatoms. The molecule has 0 radical (unpaired) electrons. The molecule has 1 aliphatic carbocycles. The normalized spacial score (nSPS) is 16.2. The molecule has 2 fully saturated rings. The Morgan fingerprint density at radius 1 is 0.978 bits per heavy atom. The molecule has 6 rings (SSSR count). The van der Waals surface area contributed by atoms with Crippen molar-refractivity contribution >= 4 is 22.5 Å². The lowest BCUT2D eigenvalue weighted by Gasteiger charge is -2.32. The van der Waals surface area contributed by atoms with Gasteiger partial charge in [-0.3, -0.25) is 4.79 Å². The number of hydrogen-bond donors (Lipinski definition) is 0. The first kappa shape index (κ1) is 32.6. The number of aryl methyl sites for hydroxylation is 1. The number of benzene rings is 3. The van der Waals surface area contributed by atoms with Crippen molar-refractivity contribution in [3.05, 3.63) is 106 Å². The van der Waals surface area contributed by atoms with E-state index in [0.29, 0.717) is 30.6 Å². The number of fused-ring (bicyclic) bond motifs is 1. The van der Waals surface area contributed by atoms with Crippen LogP contribution in [0.3, 0.4) is 0 Å². The molecule has 0 spiro atoms. The molecule has 238 valence electrons. The van der Waals surface area contributed by atoms with Crippen LogP contribution >= 0.6 is 0 Å². The van der Waals surface area contributed by atoms with E-state index in [0.717, 1.165) is 53.5 Å². The summed E-state index contributed by atoms with van der Waals surface area (Å²) in [5, 5.41) is 0. The van der Waals surface area contributed by atoms with Gasteiger partial charge in [0, 0.05) is 43.1 Å². The van der Waals surface area contributed by atoms with Crippen molar-refractivity contribution in [2.24, 2.45) is 5.92 Å². The van der Waals surface area contributed by atoms with Crippen LogP contribution in [0.15, 0.2) is 72.8 Å². The number of allylic oxidation sites excluding steroid dienone is 1. The van der Waals surface area contributed by atoms with E-state index in [1.54, 1.807) is 12.1 Å². The Balaban J connectivity index is 0.000000743. The molecule has 4 nitrogen and oxygen atoms in total. The molecule has 0 N–H and O–H groups in total. The average molecular weight is 612 g/mol. The van der Waals surface area contributed by atoms with Crippen LogP contribution in [0.2, 0.25) is 0 Å². The number of hydrogen-bond acceptors (Lipinski definition) is 2. The maximum Gasteiger partial charge on any atom is 0.270 e. The van der Waals surface area contributed by atoms with E-state index in [2.05, 4.69) is 43.5 Å². The molecular weight excluding hydrogens is 564 g/mol. The van der Waals surface area contributed by atoms with Crippen LogP contribution < -0.4 is 0 Å². The predicted octanol–water partition coefficient (Wildman–Crippen LogP) is 10.3. The molecule has 1 amide bonds. The van der Waals surface area contributed by atoms with Crippen molar-refractivity contribution < 1.29 is 13.6 Å². The Morgan fingerprint density at radius 3 is 2.27 bits per heavy atom.